The third-order valence-electron chi connectivity index (χ3n) is 9.84. The lowest BCUT2D eigenvalue weighted by Crippen LogP contribution is -2.41. The number of ether oxygens (including phenoxy) is 2. The molecule has 2 fully saturated rings. The van der Waals surface area contributed by atoms with Crippen molar-refractivity contribution in [1.82, 2.24) is 29.1 Å². The van der Waals surface area contributed by atoms with Gasteiger partial charge in [-0.25, -0.2) is 23.5 Å². The number of nitrogens with zero attached hydrogens (tertiary/aromatic N) is 6. The number of hydrogen-bond donors (Lipinski definition) is 1. The van der Waals surface area contributed by atoms with Gasteiger partial charge in [-0.3, -0.25) is 14.4 Å². The fourth-order valence-electron chi connectivity index (χ4n) is 7.20. The number of pyridine rings is 1. The fourth-order valence-corrected chi connectivity index (χ4v) is 7.20. The van der Waals surface area contributed by atoms with Crippen molar-refractivity contribution in [3.05, 3.63) is 66.0 Å². The maximum Gasteiger partial charge on any atom is 0.419 e. The first-order valence-electron chi connectivity index (χ1n) is 18.6. The van der Waals surface area contributed by atoms with Crippen LogP contribution in [0.25, 0.3) is 22.0 Å². The number of aromatic nitrogens is 4. The molecule has 4 aromatic rings. The van der Waals surface area contributed by atoms with Gasteiger partial charge in [0.15, 0.2) is 0 Å². The first kappa shape index (κ1) is 38.0. The summed E-state index contributed by atoms with van der Waals surface area (Å²) in [6.07, 6.45) is 10.2. The molecule has 2 aliphatic heterocycles. The van der Waals surface area contributed by atoms with Gasteiger partial charge in [-0.05, 0) is 123 Å². The van der Waals surface area contributed by atoms with Gasteiger partial charge in [-0.15, -0.1) is 0 Å². The molecule has 0 aliphatic carbocycles. The second-order valence-electron chi connectivity index (χ2n) is 16.3. The molecule has 1 atom stereocenters. The summed E-state index contributed by atoms with van der Waals surface area (Å²) in [5.41, 5.74) is 1.39. The highest BCUT2D eigenvalue weighted by molar-refractivity contribution is 6.05. The molecule has 53 heavy (non-hydrogen) atoms. The summed E-state index contributed by atoms with van der Waals surface area (Å²) in [6.45, 7) is 14.2. The molecule has 6 rings (SSSR count). The van der Waals surface area contributed by atoms with Gasteiger partial charge in [-0.1, -0.05) is 6.07 Å². The number of carbonyl (C=O) groups excluding carboxylic acids is 3. The number of nitrogens with one attached hydrogen (secondary N) is 1. The number of likely N-dealkylation sites (tertiary alicyclic amines) is 2. The predicted molar refractivity (Wildman–Crippen MR) is 201 cm³/mol. The van der Waals surface area contributed by atoms with Crippen LogP contribution in [0.15, 0.2) is 48.9 Å². The van der Waals surface area contributed by atoms with Crippen molar-refractivity contribution in [3.8, 4) is 11.1 Å². The van der Waals surface area contributed by atoms with Gasteiger partial charge in [0.1, 0.15) is 22.8 Å². The second-order valence-corrected chi connectivity index (χ2v) is 16.3. The number of carbonyl (C=O) groups is 3. The van der Waals surface area contributed by atoms with E-state index in [2.05, 4.69) is 20.3 Å². The SMILES string of the molecule is CN1CCC[C@@H]1c1cc2cnc(NC(=O)c3ccc(-c4cnn(CCCC5CCN(C(=O)OC(C)(C)C)CC5)c4)cc3F)cc2n1C(=O)OC(C)(C)C. The highest BCUT2D eigenvalue weighted by Crippen LogP contribution is 2.35. The Morgan fingerprint density at radius 2 is 1.62 bits per heavy atom. The molecular weight excluding hydrogens is 677 g/mol. The quantitative estimate of drug-likeness (QED) is 0.192. The molecule has 1 N–H and O–H groups in total. The van der Waals surface area contributed by atoms with Gasteiger partial charge >= 0.3 is 12.2 Å². The Morgan fingerprint density at radius 1 is 0.906 bits per heavy atom. The van der Waals surface area contributed by atoms with Crippen LogP contribution in [0.2, 0.25) is 0 Å². The fraction of sp³-hybridized carbons (Fsp3) is 0.525. The zero-order chi connectivity index (χ0) is 38.1. The summed E-state index contributed by atoms with van der Waals surface area (Å²) in [5, 5.41) is 7.93. The summed E-state index contributed by atoms with van der Waals surface area (Å²) in [6, 6.07) is 8.11. The number of rotatable bonds is 8. The zero-order valence-electron chi connectivity index (χ0n) is 31.9. The molecule has 284 valence electrons. The van der Waals surface area contributed by atoms with E-state index in [1.54, 1.807) is 34.0 Å². The number of hydrogen-bond acceptors (Lipinski definition) is 8. The van der Waals surface area contributed by atoms with Crippen LogP contribution in [0.1, 0.15) is 102 Å². The lowest BCUT2D eigenvalue weighted by atomic mass is 9.92. The molecule has 12 nitrogen and oxygen atoms in total. The molecule has 1 aromatic carbocycles. The molecule has 2 amide bonds. The van der Waals surface area contributed by atoms with E-state index in [4.69, 9.17) is 9.47 Å². The van der Waals surface area contributed by atoms with Crippen LogP contribution >= 0.6 is 0 Å². The van der Waals surface area contributed by atoms with E-state index in [1.807, 2.05) is 65.5 Å². The molecule has 13 heteroatoms. The Kier molecular flexibility index (Phi) is 11.0. The molecule has 3 aromatic heterocycles. The smallest absolute Gasteiger partial charge is 0.419 e. The van der Waals surface area contributed by atoms with Gasteiger partial charge in [0, 0.05) is 54.7 Å². The number of aryl methyl sites for hydroxylation is 1. The van der Waals surface area contributed by atoms with E-state index in [-0.39, 0.29) is 23.5 Å². The van der Waals surface area contributed by atoms with Crippen molar-refractivity contribution >= 4 is 34.8 Å². The van der Waals surface area contributed by atoms with Crippen LogP contribution in [0.3, 0.4) is 0 Å². The van der Waals surface area contributed by atoms with E-state index < -0.39 is 29.0 Å². The van der Waals surface area contributed by atoms with Crippen LogP contribution in [0.4, 0.5) is 19.8 Å². The maximum atomic E-state index is 15.4. The largest absolute Gasteiger partial charge is 0.444 e. The van der Waals surface area contributed by atoms with E-state index in [1.165, 1.54) is 12.1 Å². The minimum atomic E-state index is -0.705. The van der Waals surface area contributed by atoms with Crippen molar-refractivity contribution in [1.29, 1.82) is 0 Å². The first-order chi connectivity index (χ1) is 25.0. The van der Waals surface area contributed by atoms with Crippen molar-refractivity contribution in [2.75, 3.05) is 32.0 Å². The van der Waals surface area contributed by atoms with Gasteiger partial charge in [-0.2, -0.15) is 5.10 Å². The molecular formula is C40H52FN7O5. The summed E-state index contributed by atoms with van der Waals surface area (Å²) < 4.78 is 30.1. The molecule has 0 unspecified atom stereocenters. The first-order valence-corrected chi connectivity index (χ1v) is 18.6. The van der Waals surface area contributed by atoms with Crippen LogP contribution in [-0.4, -0.2) is 85.1 Å². The standard InChI is InChI=1S/C40H52FN7O5/c1-39(2,3)52-37(50)46-18-14-26(15-19-46)10-8-17-47-25-29(24-43-47)27-12-13-30(31(41)20-27)36(49)44-35-22-33-28(23-42-35)21-34(32-11-9-16-45(32)7)48(33)38(51)53-40(4,5)6/h12-13,20-26,32H,8-11,14-19H2,1-7H3,(H,42,44,49)/t32-/m1/s1. The van der Waals surface area contributed by atoms with E-state index in [0.717, 1.165) is 68.3 Å². The number of fused-ring (bicyclic) bond motifs is 1. The zero-order valence-corrected chi connectivity index (χ0v) is 31.9. The number of amides is 2. The summed E-state index contributed by atoms with van der Waals surface area (Å²) in [5.74, 6) is -0.592. The molecule has 2 aliphatic rings. The van der Waals surface area contributed by atoms with Crippen LogP contribution < -0.4 is 5.32 Å². The minimum Gasteiger partial charge on any atom is -0.444 e. The third kappa shape index (κ3) is 9.24. The summed E-state index contributed by atoms with van der Waals surface area (Å²) in [7, 11) is 2.04. The highest BCUT2D eigenvalue weighted by atomic mass is 19.1. The molecule has 5 heterocycles. The molecule has 0 saturated carbocycles. The highest BCUT2D eigenvalue weighted by Gasteiger charge is 2.31. The van der Waals surface area contributed by atoms with E-state index in [9.17, 15) is 14.4 Å². The Labute approximate surface area is 310 Å². The normalized spacial score (nSPS) is 17.4. The number of anilines is 1. The molecule has 0 spiro atoms. The van der Waals surface area contributed by atoms with Crippen molar-refractivity contribution in [3.63, 3.8) is 0 Å². The Morgan fingerprint density at radius 3 is 2.28 bits per heavy atom. The maximum absolute atomic E-state index is 15.4. The van der Waals surface area contributed by atoms with Crippen LogP contribution in [0, 0.1) is 11.7 Å². The second kappa shape index (κ2) is 15.3. The minimum absolute atomic E-state index is 0.0368. The predicted octanol–water partition coefficient (Wildman–Crippen LogP) is 8.27. The van der Waals surface area contributed by atoms with Crippen LogP contribution in [-0.2, 0) is 16.0 Å². The Hall–Kier alpha value is -4.78. The average molecular weight is 730 g/mol. The number of piperidine rings is 1. The van der Waals surface area contributed by atoms with E-state index >= 15 is 4.39 Å². The Balaban J connectivity index is 1.07. The lowest BCUT2D eigenvalue weighted by molar-refractivity contribution is 0.0179. The van der Waals surface area contributed by atoms with Gasteiger partial charge in [0.2, 0.25) is 0 Å². The molecule has 2 saturated heterocycles. The number of halogens is 1. The van der Waals surface area contributed by atoms with Gasteiger partial charge < -0.3 is 19.7 Å². The van der Waals surface area contributed by atoms with Crippen molar-refractivity contribution in [2.45, 2.75) is 104 Å². The Bertz CT molecular complexity index is 1970. The van der Waals surface area contributed by atoms with Gasteiger partial charge in [0.25, 0.3) is 5.91 Å². The molecule has 0 radical (unpaired) electrons. The van der Waals surface area contributed by atoms with Gasteiger partial charge in [0.05, 0.1) is 23.3 Å². The average Bonchev–Trinajstić information content (AvgIpc) is 3.81. The van der Waals surface area contributed by atoms with E-state index in [0.29, 0.717) is 30.1 Å². The summed E-state index contributed by atoms with van der Waals surface area (Å²) in [4.78, 5) is 47.6. The van der Waals surface area contributed by atoms with Crippen molar-refractivity contribution in [2.24, 2.45) is 5.92 Å². The number of benzene rings is 1. The topological polar surface area (TPSA) is 124 Å². The summed E-state index contributed by atoms with van der Waals surface area (Å²) >= 11 is 0. The van der Waals surface area contributed by atoms with Crippen molar-refractivity contribution < 1.29 is 28.2 Å². The third-order valence-corrected chi connectivity index (χ3v) is 9.84. The van der Waals surface area contributed by atoms with Crippen LogP contribution in [0.5, 0.6) is 0 Å². The molecule has 0 bridgehead atoms. The lowest BCUT2D eigenvalue weighted by Gasteiger charge is -2.33. The monoisotopic (exact) mass is 729 g/mol.